The highest BCUT2D eigenvalue weighted by atomic mass is 32.2. The summed E-state index contributed by atoms with van der Waals surface area (Å²) in [7, 11) is -3.78. The number of halogens is 1. The molecular formula is C22H29FN2O4S. The largest absolute Gasteiger partial charge is 0.379 e. The van der Waals surface area contributed by atoms with Crippen molar-refractivity contribution in [3.63, 3.8) is 0 Å². The van der Waals surface area contributed by atoms with Crippen LogP contribution in [0, 0.1) is 29.0 Å². The molecule has 5 fully saturated rings. The standard InChI is InChI=1S/C22H29FN2O4S/c23-20-2-1-18(30(27,28)25-3-5-29-6-4-25)10-19(20)21(26)24-14-22-11-15-7-16(12-22)9-17(8-15)13-22/h1-2,10,15-17H,3-9,11-14H2,(H,24,26). The molecule has 5 aliphatic rings. The molecule has 1 heterocycles. The number of hydrogen-bond acceptors (Lipinski definition) is 4. The summed E-state index contributed by atoms with van der Waals surface area (Å²) < 4.78 is 46.7. The van der Waals surface area contributed by atoms with Crippen LogP contribution in [-0.2, 0) is 14.8 Å². The van der Waals surface area contributed by atoms with E-state index in [1.54, 1.807) is 0 Å². The van der Waals surface area contributed by atoms with Gasteiger partial charge in [-0.05, 0) is 79.9 Å². The summed E-state index contributed by atoms with van der Waals surface area (Å²) in [5, 5.41) is 2.95. The number of morpholine rings is 1. The molecule has 1 aliphatic heterocycles. The maximum Gasteiger partial charge on any atom is 0.254 e. The number of hydrogen-bond donors (Lipinski definition) is 1. The van der Waals surface area contributed by atoms with Gasteiger partial charge in [0.25, 0.3) is 5.91 Å². The smallest absolute Gasteiger partial charge is 0.254 e. The van der Waals surface area contributed by atoms with Crippen LogP contribution in [0.2, 0.25) is 0 Å². The second kappa shape index (κ2) is 7.57. The first-order valence-corrected chi connectivity index (χ1v) is 12.4. The molecule has 8 heteroatoms. The van der Waals surface area contributed by atoms with E-state index in [1.807, 2.05) is 0 Å². The second-order valence-electron chi connectivity index (χ2n) is 9.76. The fourth-order valence-corrected chi connectivity index (χ4v) is 8.08. The summed E-state index contributed by atoms with van der Waals surface area (Å²) in [6.45, 7) is 1.73. The Morgan fingerprint density at radius 1 is 1.10 bits per heavy atom. The lowest BCUT2D eigenvalue weighted by Gasteiger charge is -2.56. The Kier molecular flexibility index (Phi) is 5.14. The van der Waals surface area contributed by atoms with E-state index < -0.39 is 21.7 Å². The molecule has 6 rings (SSSR count). The van der Waals surface area contributed by atoms with Gasteiger partial charge in [0.1, 0.15) is 5.82 Å². The third-order valence-corrected chi connectivity index (χ3v) is 9.47. The van der Waals surface area contributed by atoms with Gasteiger partial charge in [0.2, 0.25) is 10.0 Å². The lowest BCUT2D eigenvalue weighted by Crippen LogP contribution is -2.51. The average Bonchev–Trinajstić information content (AvgIpc) is 2.72. The summed E-state index contributed by atoms with van der Waals surface area (Å²) in [4.78, 5) is 12.8. The minimum atomic E-state index is -3.78. The molecule has 1 aromatic carbocycles. The van der Waals surface area contributed by atoms with E-state index >= 15 is 0 Å². The Hall–Kier alpha value is -1.51. The van der Waals surface area contributed by atoms with E-state index in [0.717, 1.165) is 43.1 Å². The third kappa shape index (κ3) is 3.67. The molecule has 0 aromatic heterocycles. The maximum atomic E-state index is 14.4. The Morgan fingerprint density at radius 2 is 1.70 bits per heavy atom. The molecular weight excluding hydrogens is 407 g/mol. The summed E-state index contributed by atoms with van der Waals surface area (Å²) in [6.07, 6.45) is 7.41. The van der Waals surface area contributed by atoms with Crippen LogP contribution < -0.4 is 5.32 Å². The Bertz CT molecular complexity index is 907. The molecule has 0 atom stereocenters. The van der Waals surface area contributed by atoms with Gasteiger partial charge >= 0.3 is 0 Å². The van der Waals surface area contributed by atoms with E-state index in [-0.39, 0.29) is 29.0 Å². The molecule has 1 amide bonds. The van der Waals surface area contributed by atoms with Gasteiger partial charge in [0.15, 0.2) is 0 Å². The summed E-state index contributed by atoms with van der Waals surface area (Å²) in [5.74, 6) is 1.09. The normalized spacial score (nSPS) is 33.6. The van der Waals surface area contributed by atoms with Gasteiger partial charge in [-0.15, -0.1) is 0 Å². The molecule has 4 bridgehead atoms. The van der Waals surface area contributed by atoms with Crippen molar-refractivity contribution in [2.75, 3.05) is 32.8 Å². The highest BCUT2D eigenvalue weighted by molar-refractivity contribution is 7.89. The zero-order chi connectivity index (χ0) is 20.9. The number of amides is 1. The van der Waals surface area contributed by atoms with Crippen LogP contribution in [0.1, 0.15) is 48.9 Å². The number of carbonyl (C=O) groups excluding carboxylic acids is 1. The van der Waals surface area contributed by atoms with E-state index in [9.17, 15) is 17.6 Å². The van der Waals surface area contributed by atoms with Crippen LogP contribution in [-0.4, -0.2) is 51.5 Å². The molecule has 1 saturated heterocycles. The zero-order valence-corrected chi connectivity index (χ0v) is 17.9. The van der Waals surface area contributed by atoms with Crippen LogP contribution in [0.5, 0.6) is 0 Å². The third-order valence-electron chi connectivity index (χ3n) is 7.58. The van der Waals surface area contributed by atoms with Crippen molar-refractivity contribution in [1.82, 2.24) is 9.62 Å². The first kappa shape index (κ1) is 20.4. The van der Waals surface area contributed by atoms with Gasteiger partial charge in [-0.25, -0.2) is 12.8 Å². The molecule has 0 spiro atoms. The molecule has 6 nitrogen and oxygen atoms in total. The number of rotatable bonds is 5. The maximum absolute atomic E-state index is 14.4. The van der Waals surface area contributed by atoms with Gasteiger partial charge in [0, 0.05) is 19.6 Å². The fraction of sp³-hybridized carbons (Fsp3) is 0.682. The Labute approximate surface area is 177 Å². The molecule has 0 radical (unpaired) electrons. The molecule has 0 unspecified atom stereocenters. The molecule has 1 aromatic rings. The van der Waals surface area contributed by atoms with Crippen LogP contribution >= 0.6 is 0 Å². The minimum Gasteiger partial charge on any atom is -0.379 e. The molecule has 164 valence electrons. The number of nitrogens with one attached hydrogen (secondary N) is 1. The van der Waals surface area contributed by atoms with Crippen LogP contribution in [0.3, 0.4) is 0 Å². The van der Waals surface area contributed by atoms with E-state index in [1.165, 1.54) is 35.7 Å². The lowest BCUT2D eigenvalue weighted by molar-refractivity contribution is -0.0503. The Balaban J connectivity index is 1.32. The average molecular weight is 437 g/mol. The number of nitrogens with zero attached hydrogens (tertiary/aromatic N) is 1. The van der Waals surface area contributed by atoms with Crippen molar-refractivity contribution in [2.45, 2.75) is 43.4 Å². The lowest BCUT2D eigenvalue weighted by atomic mass is 9.49. The molecule has 30 heavy (non-hydrogen) atoms. The predicted molar refractivity (Wildman–Crippen MR) is 109 cm³/mol. The number of sulfonamides is 1. The first-order valence-electron chi connectivity index (χ1n) is 11.0. The van der Waals surface area contributed by atoms with Gasteiger partial charge in [-0.2, -0.15) is 4.31 Å². The molecule has 1 N–H and O–H groups in total. The molecule has 4 aliphatic carbocycles. The van der Waals surface area contributed by atoms with Crippen LogP contribution in [0.25, 0.3) is 0 Å². The SMILES string of the molecule is O=C(NCC12CC3CC(CC(C3)C1)C2)c1cc(S(=O)(=O)N2CCOCC2)ccc1F. The highest BCUT2D eigenvalue weighted by Crippen LogP contribution is 2.59. The van der Waals surface area contributed by atoms with E-state index in [0.29, 0.717) is 19.8 Å². The molecule has 4 saturated carbocycles. The number of benzene rings is 1. The van der Waals surface area contributed by atoms with Crippen molar-refractivity contribution in [3.8, 4) is 0 Å². The predicted octanol–water partition coefficient (Wildman–Crippen LogP) is 2.79. The first-order chi connectivity index (χ1) is 14.3. The minimum absolute atomic E-state index is 0.0502. The zero-order valence-electron chi connectivity index (χ0n) is 17.1. The van der Waals surface area contributed by atoms with Crippen molar-refractivity contribution in [1.29, 1.82) is 0 Å². The summed E-state index contributed by atoms with van der Waals surface area (Å²) in [5.41, 5.74) is -0.0627. The highest BCUT2D eigenvalue weighted by Gasteiger charge is 2.50. The van der Waals surface area contributed by atoms with E-state index in [4.69, 9.17) is 4.74 Å². The van der Waals surface area contributed by atoms with Gasteiger partial charge in [-0.1, -0.05) is 0 Å². The van der Waals surface area contributed by atoms with E-state index in [2.05, 4.69) is 5.32 Å². The van der Waals surface area contributed by atoms with Crippen molar-refractivity contribution >= 4 is 15.9 Å². The Morgan fingerprint density at radius 3 is 2.30 bits per heavy atom. The van der Waals surface area contributed by atoms with Gasteiger partial charge in [-0.3, -0.25) is 4.79 Å². The van der Waals surface area contributed by atoms with Crippen LogP contribution in [0.4, 0.5) is 4.39 Å². The quantitative estimate of drug-likeness (QED) is 0.770. The number of ether oxygens (including phenoxy) is 1. The van der Waals surface area contributed by atoms with Crippen molar-refractivity contribution in [3.05, 3.63) is 29.6 Å². The second-order valence-corrected chi connectivity index (χ2v) is 11.7. The van der Waals surface area contributed by atoms with Gasteiger partial charge in [0.05, 0.1) is 23.7 Å². The summed E-state index contributed by atoms with van der Waals surface area (Å²) in [6, 6.07) is 3.48. The monoisotopic (exact) mass is 436 g/mol. The summed E-state index contributed by atoms with van der Waals surface area (Å²) >= 11 is 0. The fourth-order valence-electron chi connectivity index (χ4n) is 6.64. The number of carbonyl (C=O) groups is 1. The van der Waals surface area contributed by atoms with Gasteiger partial charge < -0.3 is 10.1 Å². The van der Waals surface area contributed by atoms with Crippen LogP contribution in [0.15, 0.2) is 23.1 Å². The topological polar surface area (TPSA) is 75.7 Å². The van der Waals surface area contributed by atoms with Crippen molar-refractivity contribution < 1.29 is 22.3 Å². The van der Waals surface area contributed by atoms with Crippen molar-refractivity contribution in [2.24, 2.45) is 23.2 Å².